The summed E-state index contributed by atoms with van der Waals surface area (Å²) in [6.07, 6.45) is 2.29. The topological polar surface area (TPSA) is 55.5 Å². The molecule has 0 aliphatic carbocycles. The van der Waals surface area contributed by atoms with Crippen LogP contribution in [-0.4, -0.2) is 23.9 Å². The number of ether oxygens (including phenoxy) is 1. The van der Waals surface area contributed by atoms with Crippen LogP contribution in [0.5, 0.6) is 5.75 Å². The summed E-state index contributed by atoms with van der Waals surface area (Å²) >= 11 is 0. The molecule has 1 atom stereocenters. The minimum Gasteiger partial charge on any atom is -0.493 e. The number of halogens is 1. The zero-order valence-electron chi connectivity index (χ0n) is 11.1. The molecule has 0 fully saturated rings. The van der Waals surface area contributed by atoms with E-state index in [2.05, 4.69) is 0 Å². The van der Waals surface area contributed by atoms with E-state index in [9.17, 15) is 9.50 Å². The largest absolute Gasteiger partial charge is 0.493 e. The molecule has 4 heteroatoms. The SMILES string of the molecule is Cc1ccc(OCCCCC(C)(O)CN)cc1F. The van der Waals surface area contributed by atoms with Crippen molar-refractivity contribution in [3.05, 3.63) is 29.6 Å². The van der Waals surface area contributed by atoms with Crippen molar-refractivity contribution in [2.24, 2.45) is 5.73 Å². The molecule has 3 N–H and O–H groups in total. The lowest BCUT2D eigenvalue weighted by Gasteiger charge is -2.20. The highest BCUT2D eigenvalue weighted by atomic mass is 19.1. The third-order valence-electron chi connectivity index (χ3n) is 2.96. The number of unbranched alkanes of at least 4 members (excludes halogenated alkanes) is 1. The zero-order chi connectivity index (χ0) is 13.6. The molecule has 3 nitrogen and oxygen atoms in total. The average molecular weight is 255 g/mol. The number of rotatable bonds is 7. The van der Waals surface area contributed by atoms with Gasteiger partial charge in [-0.25, -0.2) is 4.39 Å². The van der Waals surface area contributed by atoms with E-state index in [0.717, 1.165) is 12.8 Å². The summed E-state index contributed by atoms with van der Waals surface area (Å²) in [7, 11) is 0. The zero-order valence-corrected chi connectivity index (χ0v) is 11.1. The van der Waals surface area contributed by atoms with Crippen molar-refractivity contribution in [2.75, 3.05) is 13.2 Å². The second-order valence-electron chi connectivity index (χ2n) is 4.92. The van der Waals surface area contributed by atoms with Crippen molar-refractivity contribution in [3.63, 3.8) is 0 Å². The van der Waals surface area contributed by atoms with Crippen LogP contribution >= 0.6 is 0 Å². The van der Waals surface area contributed by atoms with Crippen LogP contribution in [-0.2, 0) is 0 Å². The maximum absolute atomic E-state index is 13.2. The second kappa shape index (κ2) is 6.71. The van der Waals surface area contributed by atoms with Gasteiger partial charge in [0.05, 0.1) is 12.2 Å². The molecule has 0 heterocycles. The van der Waals surface area contributed by atoms with E-state index in [1.807, 2.05) is 0 Å². The van der Waals surface area contributed by atoms with Crippen LogP contribution in [0.2, 0.25) is 0 Å². The van der Waals surface area contributed by atoms with E-state index in [1.54, 1.807) is 26.0 Å². The highest BCUT2D eigenvalue weighted by molar-refractivity contribution is 5.27. The van der Waals surface area contributed by atoms with Gasteiger partial charge in [-0.3, -0.25) is 0 Å². The fourth-order valence-corrected chi connectivity index (χ4v) is 1.56. The fraction of sp³-hybridized carbons (Fsp3) is 0.571. The quantitative estimate of drug-likeness (QED) is 0.736. The Morgan fingerprint density at radius 1 is 1.39 bits per heavy atom. The van der Waals surface area contributed by atoms with Gasteiger partial charge in [-0.15, -0.1) is 0 Å². The van der Waals surface area contributed by atoms with Crippen molar-refractivity contribution in [1.29, 1.82) is 0 Å². The molecule has 0 saturated heterocycles. The van der Waals surface area contributed by atoms with E-state index in [0.29, 0.717) is 24.3 Å². The highest BCUT2D eigenvalue weighted by Crippen LogP contribution is 2.17. The first kappa shape index (κ1) is 14.9. The van der Waals surface area contributed by atoms with E-state index >= 15 is 0 Å². The molecule has 1 aromatic rings. The van der Waals surface area contributed by atoms with Crippen molar-refractivity contribution >= 4 is 0 Å². The first-order valence-corrected chi connectivity index (χ1v) is 6.26. The van der Waals surface area contributed by atoms with Gasteiger partial charge in [-0.05, 0) is 44.7 Å². The maximum atomic E-state index is 13.2. The summed E-state index contributed by atoms with van der Waals surface area (Å²) < 4.78 is 18.7. The average Bonchev–Trinajstić information content (AvgIpc) is 2.33. The fourth-order valence-electron chi connectivity index (χ4n) is 1.56. The van der Waals surface area contributed by atoms with Crippen LogP contribution in [0.15, 0.2) is 18.2 Å². The molecule has 0 radical (unpaired) electrons. The van der Waals surface area contributed by atoms with Crippen molar-refractivity contribution < 1.29 is 14.2 Å². The van der Waals surface area contributed by atoms with Crippen LogP contribution in [0.1, 0.15) is 31.7 Å². The van der Waals surface area contributed by atoms with Gasteiger partial charge in [0, 0.05) is 12.6 Å². The Labute approximate surface area is 108 Å². The number of aliphatic hydroxyl groups is 1. The lowest BCUT2D eigenvalue weighted by atomic mass is 10.00. The Morgan fingerprint density at radius 3 is 2.72 bits per heavy atom. The summed E-state index contributed by atoms with van der Waals surface area (Å²) in [6, 6.07) is 4.85. The number of benzene rings is 1. The number of hydrogen-bond donors (Lipinski definition) is 2. The molecular weight excluding hydrogens is 233 g/mol. The number of nitrogens with two attached hydrogens (primary N) is 1. The summed E-state index contributed by atoms with van der Waals surface area (Å²) in [6.45, 7) is 4.22. The molecular formula is C14H22FNO2. The second-order valence-corrected chi connectivity index (χ2v) is 4.92. The molecule has 0 bridgehead atoms. The normalized spacial score (nSPS) is 14.3. The van der Waals surface area contributed by atoms with E-state index in [-0.39, 0.29) is 12.4 Å². The summed E-state index contributed by atoms with van der Waals surface area (Å²) in [5.41, 5.74) is 5.24. The van der Waals surface area contributed by atoms with Gasteiger partial charge in [0.25, 0.3) is 0 Å². The molecule has 18 heavy (non-hydrogen) atoms. The Morgan fingerprint density at radius 2 is 2.11 bits per heavy atom. The van der Waals surface area contributed by atoms with Crippen molar-refractivity contribution in [3.8, 4) is 5.75 Å². The van der Waals surface area contributed by atoms with E-state index < -0.39 is 5.60 Å². The monoisotopic (exact) mass is 255 g/mol. The number of aryl methyl sites for hydroxylation is 1. The minimum absolute atomic E-state index is 0.251. The van der Waals surface area contributed by atoms with Gasteiger partial charge in [0.15, 0.2) is 0 Å². The van der Waals surface area contributed by atoms with Gasteiger partial charge in [-0.2, -0.15) is 0 Å². The van der Waals surface area contributed by atoms with Crippen LogP contribution < -0.4 is 10.5 Å². The van der Waals surface area contributed by atoms with Gasteiger partial charge in [0.1, 0.15) is 11.6 Å². The molecule has 0 amide bonds. The first-order chi connectivity index (χ1) is 8.44. The predicted molar refractivity (Wildman–Crippen MR) is 70.2 cm³/mol. The third kappa shape index (κ3) is 5.02. The van der Waals surface area contributed by atoms with Gasteiger partial charge < -0.3 is 15.6 Å². The first-order valence-electron chi connectivity index (χ1n) is 6.26. The maximum Gasteiger partial charge on any atom is 0.129 e. The summed E-state index contributed by atoms with van der Waals surface area (Å²) in [5.74, 6) is 0.294. The smallest absolute Gasteiger partial charge is 0.129 e. The molecule has 0 aromatic heterocycles. The standard InChI is InChI=1S/C14H22FNO2/c1-11-5-6-12(9-13(11)15)18-8-4-3-7-14(2,17)10-16/h5-6,9,17H,3-4,7-8,10,16H2,1-2H3. The Bertz CT molecular complexity index is 380. The Balaban J connectivity index is 2.24. The van der Waals surface area contributed by atoms with Crippen LogP contribution in [0.4, 0.5) is 4.39 Å². The van der Waals surface area contributed by atoms with E-state index in [4.69, 9.17) is 10.5 Å². The van der Waals surface area contributed by atoms with Crippen LogP contribution in [0, 0.1) is 12.7 Å². The molecule has 0 spiro atoms. The summed E-state index contributed by atoms with van der Waals surface area (Å²) in [4.78, 5) is 0. The molecule has 0 aliphatic rings. The molecule has 1 unspecified atom stereocenters. The van der Waals surface area contributed by atoms with Crippen LogP contribution in [0.3, 0.4) is 0 Å². The minimum atomic E-state index is -0.796. The lowest BCUT2D eigenvalue weighted by Crippen LogP contribution is -2.33. The van der Waals surface area contributed by atoms with Gasteiger partial charge in [-0.1, -0.05) is 6.07 Å². The van der Waals surface area contributed by atoms with Crippen molar-refractivity contribution in [2.45, 2.75) is 38.7 Å². The van der Waals surface area contributed by atoms with Crippen LogP contribution in [0.25, 0.3) is 0 Å². The Hall–Kier alpha value is -1.13. The lowest BCUT2D eigenvalue weighted by molar-refractivity contribution is 0.0562. The molecule has 0 saturated carbocycles. The molecule has 102 valence electrons. The Kier molecular flexibility index (Phi) is 5.56. The predicted octanol–water partition coefficient (Wildman–Crippen LogP) is 2.39. The van der Waals surface area contributed by atoms with Gasteiger partial charge in [0.2, 0.25) is 0 Å². The highest BCUT2D eigenvalue weighted by Gasteiger charge is 2.16. The molecule has 0 aliphatic heterocycles. The van der Waals surface area contributed by atoms with Gasteiger partial charge >= 0.3 is 0 Å². The third-order valence-corrected chi connectivity index (χ3v) is 2.96. The summed E-state index contributed by atoms with van der Waals surface area (Å²) in [5, 5.41) is 9.69. The number of hydrogen-bond acceptors (Lipinski definition) is 3. The van der Waals surface area contributed by atoms with E-state index in [1.165, 1.54) is 6.07 Å². The molecule has 1 rings (SSSR count). The van der Waals surface area contributed by atoms with Crippen molar-refractivity contribution in [1.82, 2.24) is 0 Å². The molecule has 1 aromatic carbocycles.